The van der Waals surface area contributed by atoms with E-state index >= 15 is 0 Å². The molecule has 4 nitrogen and oxygen atoms in total. The van der Waals surface area contributed by atoms with E-state index in [1.807, 2.05) is 30.3 Å². The van der Waals surface area contributed by atoms with E-state index in [-0.39, 0.29) is 12.6 Å². The van der Waals surface area contributed by atoms with Crippen LogP contribution in [-0.4, -0.2) is 37.6 Å². The van der Waals surface area contributed by atoms with Crippen molar-refractivity contribution in [2.75, 3.05) is 26.4 Å². The minimum atomic E-state index is -0.278. The van der Waals surface area contributed by atoms with Crippen LogP contribution in [0.2, 0.25) is 0 Å². The van der Waals surface area contributed by atoms with Gasteiger partial charge in [0.15, 0.2) is 0 Å². The van der Waals surface area contributed by atoms with Gasteiger partial charge in [0.2, 0.25) is 0 Å². The van der Waals surface area contributed by atoms with Crippen molar-refractivity contribution in [3.8, 4) is 0 Å². The van der Waals surface area contributed by atoms with Gasteiger partial charge in [0.05, 0.1) is 25.9 Å². The summed E-state index contributed by atoms with van der Waals surface area (Å²) in [7, 11) is 0. The Morgan fingerprint density at radius 2 is 1.82 bits per heavy atom. The summed E-state index contributed by atoms with van der Waals surface area (Å²) >= 11 is 0. The summed E-state index contributed by atoms with van der Waals surface area (Å²) in [6, 6.07) is 9.78. The highest BCUT2D eigenvalue weighted by Crippen LogP contribution is 2.00. The van der Waals surface area contributed by atoms with Crippen LogP contribution in [0, 0.1) is 0 Å². The first-order chi connectivity index (χ1) is 8.33. The second kappa shape index (κ2) is 9.13. The SMILES string of the molecule is N[C@@H](CO)COCCCOCc1ccccc1. The first kappa shape index (κ1) is 14.1. The Labute approximate surface area is 102 Å². The van der Waals surface area contributed by atoms with Gasteiger partial charge in [0.1, 0.15) is 0 Å². The summed E-state index contributed by atoms with van der Waals surface area (Å²) in [6.45, 7) is 2.28. The van der Waals surface area contributed by atoms with E-state index in [0.717, 1.165) is 6.42 Å². The highest BCUT2D eigenvalue weighted by Gasteiger charge is 1.99. The molecule has 0 aliphatic heterocycles. The number of ether oxygens (including phenoxy) is 2. The fourth-order valence-corrected chi connectivity index (χ4v) is 1.31. The highest BCUT2D eigenvalue weighted by atomic mass is 16.5. The Morgan fingerprint density at radius 1 is 1.12 bits per heavy atom. The fourth-order valence-electron chi connectivity index (χ4n) is 1.31. The van der Waals surface area contributed by atoms with Crippen molar-refractivity contribution >= 4 is 0 Å². The Balaban J connectivity index is 1.91. The molecule has 3 N–H and O–H groups in total. The molecule has 4 heteroatoms. The van der Waals surface area contributed by atoms with Crippen molar-refractivity contribution < 1.29 is 14.6 Å². The molecule has 96 valence electrons. The van der Waals surface area contributed by atoms with E-state index in [9.17, 15) is 0 Å². The van der Waals surface area contributed by atoms with E-state index in [1.165, 1.54) is 5.56 Å². The molecule has 0 spiro atoms. The molecule has 0 aliphatic rings. The molecule has 0 aliphatic carbocycles. The molecule has 0 radical (unpaired) electrons. The van der Waals surface area contributed by atoms with Crippen LogP contribution in [0.3, 0.4) is 0 Å². The first-order valence-electron chi connectivity index (χ1n) is 5.88. The molecule has 1 rings (SSSR count). The number of rotatable bonds is 9. The van der Waals surface area contributed by atoms with Crippen molar-refractivity contribution in [3.63, 3.8) is 0 Å². The number of aliphatic hydroxyl groups is 1. The number of aliphatic hydroxyl groups excluding tert-OH is 1. The lowest BCUT2D eigenvalue weighted by Gasteiger charge is -2.09. The minimum Gasteiger partial charge on any atom is -0.395 e. The van der Waals surface area contributed by atoms with Gasteiger partial charge in [0.25, 0.3) is 0 Å². The molecule has 0 fully saturated rings. The third-order valence-corrected chi connectivity index (χ3v) is 2.26. The molecule has 0 heterocycles. The quantitative estimate of drug-likeness (QED) is 0.629. The second-order valence-corrected chi connectivity index (χ2v) is 3.91. The lowest BCUT2D eigenvalue weighted by Crippen LogP contribution is -2.30. The van der Waals surface area contributed by atoms with Gasteiger partial charge in [-0.25, -0.2) is 0 Å². The molecular weight excluding hydrogens is 218 g/mol. The van der Waals surface area contributed by atoms with Gasteiger partial charge in [-0.1, -0.05) is 30.3 Å². The van der Waals surface area contributed by atoms with Crippen LogP contribution in [0.4, 0.5) is 0 Å². The summed E-state index contributed by atoms with van der Waals surface area (Å²) in [6.07, 6.45) is 0.838. The lowest BCUT2D eigenvalue weighted by atomic mass is 10.2. The van der Waals surface area contributed by atoms with Crippen LogP contribution in [0.5, 0.6) is 0 Å². The molecule has 1 aromatic carbocycles. The van der Waals surface area contributed by atoms with Crippen molar-refractivity contribution in [2.45, 2.75) is 19.1 Å². The van der Waals surface area contributed by atoms with Crippen molar-refractivity contribution in [2.24, 2.45) is 5.73 Å². The number of hydrogen-bond acceptors (Lipinski definition) is 4. The number of benzene rings is 1. The summed E-state index contributed by atoms with van der Waals surface area (Å²) < 4.78 is 10.8. The molecule has 0 amide bonds. The molecular formula is C13H21NO3. The number of hydrogen-bond donors (Lipinski definition) is 2. The topological polar surface area (TPSA) is 64.7 Å². The molecule has 1 atom stereocenters. The predicted octanol–water partition coefficient (Wildman–Crippen LogP) is 0.929. The highest BCUT2D eigenvalue weighted by molar-refractivity contribution is 5.13. The van der Waals surface area contributed by atoms with Gasteiger partial charge < -0.3 is 20.3 Å². The van der Waals surface area contributed by atoms with Crippen molar-refractivity contribution in [3.05, 3.63) is 35.9 Å². The van der Waals surface area contributed by atoms with E-state index in [4.69, 9.17) is 20.3 Å². The normalized spacial score (nSPS) is 12.6. The molecule has 0 saturated heterocycles. The zero-order valence-corrected chi connectivity index (χ0v) is 10.0. The summed E-state index contributed by atoms with van der Waals surface area (Å²) in [4.78, 5) is 0. The van der Waals surface area contributed by atoms with E-state index in [2.05, 4.69) is 0 Å². The van der Waals surface area contributed by atoms with Crippen LogP contribution in [0.25, 0.3) is 0 Å². The maximum Gasteiger partial charge on any atom is 0.0716 e. The zero-order valence-electron chi connectivity index (χ0n) is 10.0. The zero-order chi connectivity index (χ0) is 12.3. The Morgan fingerprint density at radius 3 is 2.53 bits per heavy atom. The monoisotopic (exact) mass is 239 g/mol. The minimum absolute atomic E-state index is 0.0372. The smallest absolute Gasteiger partial charge is 0.0716 e. The standard InChI is InChI=1S/C13H21NO3/c14-13(9-15)11-17-8-4-7-16-10-12-5-2-1-3-6-12/h1-3,5-6,13,15H,4,7-11,14H2/t13-/m0/s1. The second-order valence-electron chi connectivity index (χ2n) is 3.91. The molecule has 0 saturated carbocycles. The van der Waals surface area contributed by atoms with Crippen LogP contribution in [-0.2, 0) is 16.1 Å². The van der Waals surface area contributed by atoms with E-state index in [1.54, 1.807) is 0 Å². The van der Waals surface area contributed by atoms with Gasteiger partial charge >= 0.3 is 0 Å². The van der Waals surface area contributed by atoms with Gasteiger partial charge in [-0.15, -0.1) is 0 Å². The van der Waals surface area contributed by atoms with Crippen LogP contribution in [0.15, 0.2) is 30.3 Å². The molecule has 0 unspecified atom stereocenters. The Hall–Kier alpha value is -0.940. The van der Waals surface area contributed by atoms with E-state index in [0.29, 0.717) is 26.4 Å². The summed E-state index contributed by atoms with van der Waals surface area (Å²) in [5.74, 6) is 0. The Kier molecular flexibility index (Phi) is 7.58. The van der Waals surface area contributed by atoms with Crippen LogP contribution >= 0.6 is 0 Å². The fraction of sp³-hybridized carbons (Fsp3) is 0.538. The van der Waals surface area contributed by atoms with Crippen molar-refractivity contribution in [1.82, 2.24) is 0 Å². The maximum atomic E-state index is 8.67. The van der Waals surface area contributed by atoms with Crippen LogP contribution in [0.1, 0.15) is 12.0 Å². The molecule has 1 aromatic rings. The molecule has 17 heavy (non-hydrogen) atoms. The molecule has 0 bridgehead atoms. The van der Waals surface area contributed by atoms with E-state index < -0.39 is 0 Å². The Bertz CT molecular complexity index is 279. The largest absolute Gasteiger partial charge is 0.395 e. The summed E-state index contributed by atoms with van der Waals surface area (Å²) in [5.41, 5.74) is 6.66. The third-order valence-electron chi connectivity index (χ3n) is 2.26. The van der Waals surface area contributed by atoms with Gasteiger partial charge in [-0.05, 0) is 12.0 Å². The average Bonchev–Trinajstić information content (AvgIpc) is 2.38. The third kappa shape index (κ3) is 7.07. The van der Waals surface area contributed by atoms with Crippen molar-refractivity contribution in [1.29, 1.82) is 0 Å². The summed E-state index contributed by atoms with van der Waals surface area (Å²) in [5, 5.41) is 8.67. The number of nitrogens with two attached hydrogens (primary N) is 1. The van der Waals surface area contributed by atoms with Gasteiger partial charge in [-0.2, -0.15) is 0 Å². The van der Waals surface area contributed by atoms with Gasteiger partial charge in [-0.3, -0.25) is 0 Å². The maximum absolute atomic E-state index is 8.67. The first-order valence-corrected chi connectivity index (χ1v) is 5.88. The van der Waals surface area contributed by atoms with Gasteiger partial charge in [0, 0.05) is 13.2 Å². The molecule has 0 aromatic heterocycles. The van der Waals surface area contributed by atoms with Crippen LogP contribution < -0.4 is 5.73 Å². The average molecular weight is 239 g/mol. The predicted molar refractivity (Wildman–Crippen MR) is 66.6 cm³/mol. The lowest BCUT2D eigenvalue weighted by molar-refractivity contribution is 0.0639.